The molecule has 52 heavy (non-hydrogen) atoms. The molecule has 1 heteroatoms. The van der Waals surface area contributed by atoms with Crippen molar-refractivity contribution in [3.63, 3.8) is 0 Å². The number of hydrogen-bond acceptors (Lipinski definition) is 1. The molecule has 1 spiro atoms. The molecule has 0 saturated heterocycles. The second-order valence-electron chi connectivity index (χ2n) is 14.0. The molecule has 2 aliphatic carbocycles. The van der Waals surface area contributed by atoms with Crippen molar-refractivity contribution in [2.45, 2.75) is 5.41 Å². The van der Waals surface area contributed by atoms with Crippen molar-refractivity contribution in [3.05, 3.63) is 222 Å². The zero-order valence-corrected chi connectivity index (χ0v) is 28.5. The van der Waals surface area contributed by atoms with Gasteiger partial charge in [0.25, 0.3) is 0 Å². The molecule has 9 aromatic rings. The highest BCUT2D eigenvalue weighted by Crippen LogP contribution is 2.64. The molecule has 9 aromatic carbocycles. The van der Waals surface area contributed by atoms with Gasteiger partial charge >= 0.3 is 0 Å². The molecule has 0 amide bonds. The summed E-state index contributed by atoms with van der Waals surface area (Å²) in [5.41, 5.74) is 16.1. The minimum Gasteiger partial charge on any atom is -0.310 e. The minimum atomic E-state index is -0.462. The van der Waals surface area contributed by atoms with Crippen molar-refractivity contribution < 1.29 is 0 Å². The fraction of sp³-hybridized carbons (Fsp3) is 0.0196. The first-order valence-corrected chi connectivity index (χ1v) is 18.1. The number of hydrogen-bond donors (Lipinski definition) is 0. The van der Waals surface area contributed by atoms with Crippen LogP contribution in [-0.4, -0.2) is 0 Å². The number of anilines is 3. The van der Waals surface area contributed by atoms with Crippen LogP contribution < -0.4 is 4.90 Å². The van der Waals surface area contributed by atoms with Crippen LogP contribution in [0.15, 0.2) is 200 Å². The van der Waals surface area contributed by atoms with Gasteiger partial charge in [-0.3, -0.25) is 0 Å². The number of benzene rings is 9. The first-order valence-electron chi connectivity index (χ1n) is 18.1. The fourth-order valence-corrected chi connectivity index (χ4v) is 9.31. The summed E-state index contributed by atoms with van der Waals surface area (Å²) in [6.45, 7) is 0. The maximum absolute atomic E-state index is 2.50. The first kappa shape index (κ1) is 29.1. The average Bonchev–Trinajstić information content (AvgIpc) is 3.69. The van der Waals surface area contributed by atoms with Gasteiger partial charge in [-0.1, -0.05) is 170 Å². The topological polar surface area (TPSA) is 3.24 Å². The number of rotatable bonds is 4. The van der Waals surface area contributed by atoms with Crippen LogP contribution in [0.2, 0.25) is 0 Å². The standard InChI is InChI=1S/C51H33N/c1-2-13-34(14-3-1)35-25-28-38(29-26-35)52(49-24-12-17-36-15-4-6-18-40(36)49)39-30-32-44-45-31-27-37-16-5-7-19-41(37)50(45)51(48(44)33-39)46-22-10-8-20-42(46)43-21-9-11-23-47(43)51/h1-33H. The molecule has 0 aromatic heterocycles. The summed E-state index contributed by atoms with van der Waals surface area (Å²) in [5, 5.41) is 5.03. The lowest BCUT2D eigenvalue weighted by molar-refractivity contribution is 0.801. The van der Waals surface area contributed by atoms with Crippen LogP contribution in [0.25, 0.3) is 54.9 Å². The van der Waals surface area contributed by atoms with Crippen molar-refractivity contribution >= 4 is 38.6 Å². The van der Waals surface area contributed by atoms with E-state index in [4.69, 9.17) is 0 Å². The van der Waals surface area contributed by atoms with E-state index in [2.05, 4.69) is 205 Å². The van der Waals surface area contributed by atoms with Crippen LogP contribution in [0.4, 0.5) is 17.1 Å². The van der Waals surface area contributed by atoms with Crippen LogP contribution >= 0.6 is 0 Å². The van der Waals surface area contributed by atoms with Gasteiger partial charge < -0.3 is 4.90 Å². The third kappa shape index (κ3) is 3.99. The van der Waals surface area contributed by atoms with Gasteiger partial charge in [-0.2, -0.15) is 0 Å². The smallest absolute Gasteiger partial charge is 0.0732 e. The normalized spacial score (nSPS) is 13.2. The molecule has 0 saturated carbocycles. The van der Waals surface area contributed by atoms with Gasteiger partial charge in [0.15, 0.2) is 0 Å². The van der Waals surface area contributed by atoms with Gasteiger partial charge in [0.1, 0.15) is 0 Å². The average molecular weight is 660 g/mol. The molecule has 0 atom stereocenters. The van der Waals surface area contributed by atoms with E-state index in [1.807, 2.05) is 0 Å². The molecule has 0 N–H and O–H groups in total. The quantitative estimate of drug-likeness (QED) is 0.182. The molecule has 0 heterocycles. The maximum Gasteiger partial charge on any atom is 0.0732 e. The second-order valence-corrected chi connectivity index (χ2v) is 14.0. The highest BCUT2D eigenvalue weighted by molar-refractivity contribution is 6.05. The molecular weight excluding hydrogens is 627 g/mol. The van der Waals surface area contributed by atoms with E-state index in [0.29, 0.717) is 0 Å². The minimum absolute atomic E-state index is 0.462. The highest BCUT2D eigenvalue weighted by atomic mass is 15.1. The van der Waals surface area contributed by atoms with E-state index in [-0.39, 0.29) is 0 Å². The molecule has 0 fully saturated rings. The SMILES string of the molecule is c1ccc(-c2ccc(N(c3ccc4c(c3)C3(c5ccccc5-c5ccccc53)c3c-4ccc4ccccc34)c3cccc4ccccc34)cc2)cc1. The summed E-state index contributed by atoms with van der Waals surface area (Å²) in [6.07, 6.45) is 0. The Balaban J connectivity index is 1.21. The molecule has 11 rings (SSSR count). The van der Waals surface area contributed by atoms with Crippen molar-refractivity contribution in [1.29, 1.82) is 0 Å². The molecule has 0 unspecified atom stereocenters. The van der Waals surface area contributed by atoms with E-state index in [1.165, 1.54) is 77.2 Å². The molecular formula is C51H33N. The Morgan fingerprint density at radius 3 is 1.62 bits per heavy atom. The summed E-state index contributed by atoms with van der Waals surface area (Å²) >= 11 is 0. The summed E-state index contributed by atoms with van der Waals surface area (Å²) in [5.74, 6) is 0. The lowest BCUT2D eigenvalue weighted by atomic mass is 9.69. The summed E-state index contributed by atoms with van der Waals surface area (Å²) in [7, 11) is 0. The van der Waals surface area contributed by atoms with Crippen molar-refractivity contribution in [1.82, 2.24) is 0 Å². The number of nitrogens with zero attached hydrogens (tertiary/aromatic N) is 1. The monoisotopic (exact) mass is 659 g/mol. The van der Waals surface area contributed by atoms with E-state index >= 15 is 0 Å². The largest absolute Gasteiger partial charge is 0.310 e. The van der Waals surface area contributed by atoms with E-state index in [1.54, 1.807) is 0 Å². The van der Waals surface area contributed by atoms with Crippen LogP contribution in [0, 0.1) is 0 Å². The van der Waals surface area contributed by atoms with Gasteiger partial charge in [-0.05, 0) is 102 Å². The Kier molecular flexibility index (Phi) is 6.23. The molecule has 2 aliphatic rings. The molecule has 0 aliphatic heterocycles. The van der Waals surface area contributed by atoms with Gasteiger partial charge in [0.05, 0.1) is 11.1 Å². The second kappa shape index (κ2) is 11.2. The van der Waals surface area contributed by atoms with Crippen molar-refractivity contribution in [2.75, 3.05) is 4.90 Å². The summed E-state index contributed by atoms with van der Waals surface area (Å²) in [6, 6.07) is 74.0. The fourth-order valence-electron chi connectivity index (χ4n) is 9.31. The van der Waals surface area contributed by atoms with Gasteiger partial charge in [-0.15, -0.1) is 0 Å². The predicted molar refractivity (Wildman–Crippen MR) is 218 cm³/mol. The molecule has 0 radical (unpaired) electrons. The predicted octanol–water partition coefficient (Wildman–Crippen LogP) is 13.5. The van der Waals surface area contributed by atoms with Crippen LogP contribution in [0.5, 0.6) is 0 Å². The van der Waals surface area contributed by atoms with E-state index < -0.39 is 5.41 Å². The van der Waals surface area contributed by atoms with E-state index in [9.17, 15) is 0 Å². The lowest BCUT2D eigenvalue weighted by Gasteiger charge is -2.33. The van der Waals surface area contributed by atoms with E-state index in [0.717, 1.165) is 17.1 Å². The Morgan fingerprint density at radius 2 is 0.865 bits per heavy atom. The van der Waals surface area contributed by atoms with Crippen LogP contribution in [-0.2, 0) is 5.41 Å². The lowest BCUT2D eigenvalue weighted by Crippen LogP contribution is -2.26. The van der Waals surface area contributed by atoms with Gasteiger partial charge in [0, 0.05) is 16.8 Å². The zero-order valence-electron chi connectivity index (χ0n) is 28.5. The van der Waals surface area contributed by atoms with Crippen molar-refractivity contribution in [2.24, 2.45) is 0 Å². The van der Waals surface area contributed by atoms with Gasteiger partial charge in [0.2, 0.25) is 0 Å². The first-order chi connectivity index (χ1) is 25.8. The Hall–Kier alpha value is -6.70. The number of fused-ring (bicyclic) bond motifs is 13. The maximum atomic E-state index is 2.50. The zero-order chi connectivity index (χ0) is 34.2. The summed E-state index contributed by atoms with van der Waals surface area (Å²) < 4.78 is 0. The van der Waals surface area contributed by atoms with Crippen molar-refractivity contribution in [3.8, 4) is 33.4 Å². The van der Waals surface area contributed by atoms with Crippen LogP contribution in [0.1, 0.15) is 22.3 Å². The summed E-state index contributed by atoms with van der Waals surface area (Å²) in [4.78, 5) is 2.46. The molecule has 0 bridgehead atoms. The Morgan fingerprint density at radius 1 is 0.327 bits per heavy atom. The molecule has 1 nitrogen and oxygen atoms in total. The van der Waals surface area contributed by atoms with Gasteiger partial charge in [-0.25, -0.2) is 0 Å². The third-order valence-corrected chi connectivity index (χ3v) is 11.5. The van der Waals surface area contributed by atoms with Crippen LogP contribution in [0.3, 0.4) is 0 Å². The molecule has 242 valence electrons. The Labute approximate surface area is 303 Å². The highest BCUT2D eigenvalue weighted by Gasteiger charge is 2.52. The third-order valence-electron chi connectivity index (χ3n) is 11.5. The Bertz CT molecular complexity index is 2800.